The molecule has 1 amide bonds. The molecule has 5 nitrogen and oxygen atoms in total. The molecule has 0 bridgehead atoms. The minimum Gasteiger partial charge on any atom is -0.348 e. The first-order valence-corrected chi connectivity index (χ1v) is 8.66. The quantitative estimate of drug-likeness (QED) is 0.707. The molecule has 0 unspecified atom stereocenters. The zero-order valence-corrected chi connectivity index (χ0v) is 15.0. The minimum absolute atomic E-state index is 0.188. The molecule has 0 radical (unpaired) electrons. The summed E-state index contributed by atoms with van der Waals surface area (Å²) in [5.74, 6) is 0.285. The molecule has 26 heavy (non-hydrogen) atoms. The molecule has 132 valence electrons. The summed E-state index contributed by atoms with van der Waals surface area (Å²) in [4.78, 5) is 20.8. The summed E-state index contributed by atoms with van der Waals surface area (Å²) in [5.41, 5.74) is 4.84. The van der Waals surface area contributed by atoms with Crippen LogP contribution in [0.5, 0.6) is 0 Å². The molecule has 0 saturated carbocycles. The Morgan fingerprint density at radius 3 is 2.54 bits per heavy atom. The number of hydrogen-bond acceptors (Lipinski definition) is 4. The molecule has 2 N–H and O–H groups in total. The second-order valence-electron chi connectivity index (χ2n) is 6.10. The number of para-hydroxylation sites is 1. The van der Waals surface area contributed by atoms with Gasteiger partial charge in [0, 0.05) is 24.6 Å². The fraction of sp³-hybridized carbons (Fsp3) is 0.190. The predicted molar refractivity (Wildman–Crippen MR) is 103 cm³/mol. The molecule has 1 heterocycles. The van der Waals surface area contributed by atoms with Crippen LogP contribution in [0, 0.1) is 6.92 Å². The number of amides is 1. The summed E-state index contributed by atoms with van der Waals surface area (Å²) in [5, 5.41) is 6.09. The summed E-state index contributed by atoms with van der Waals surface area (Å²) in [7, 11) is 0. The van der Waals surface area contributed by atoms with E-state index in [1.54, 1.807) is 0 Å². The van der Waals surface area contributed by atoms with E-state index >= 15 is 0 Å². The van der Waals surface area contributed by atoms with Gasteiger partial charge < -0.3 is 10.6 Å². The molecule has 1 aromatic heterocycles. The molecule has 0 atom stereocenters. The van der Waals surface area contributed by atoms with Gasteiger partial charge in [-0.05, 0) is 30.5 Å². The van der Waals surface area contributed by atoms with Gasteiger partial charge in [0.2, 0.25) is 5.95 Å². The number of benzene rings is 2. The Balaban J connectivity index is 1.62. The van der Waals surface area contributed by atoms with E-state index in [1.807, 2.05) is 43.3 Å². The van der Waals surface area contributed by atoms with E-state index in [2.05, 4.69) is 39.7 Å². The number of nitrogens with zero attached hydrogens (tertiary/aromatic N) is 2. The van der Waals surface area contributed by atoms with Crippen molar-refractivity contribution in [1.82, 2.24) is 15.3 Å². The molecule has 0 aliphatic carbocycles. The summed E-state index contributed by atoms with van der Waals surface area (Å²) in [6.45, 7) is 4.61. The van der Waals surface area contributed by atoms with Gasteiger partial charge in [-0.2, -0.15) is 0 Å². The van der Waals surface area contributed by atoms with Gasteiger partial charge in [0.25, 0.3) is 5.91 Å². The van der Waals surface area contributed by atoms with Gasteiger partial charge in [0.15, 0.2) is 0 Å². The van der Waals surface area contributed by atoms with Crippen LogP contribution in [0.1, 0.15) is 34.0 Å². The molecular weight excluding hydrogens is 324 g/mol. The predicted octanol–water partition coefficient (Wildman–Crippen LogP) is 4.02. The van der Waals surface area contributed by atoms with Crippen molar-refractivity contribution in [2.45, 2.75) is 26.8 Å². The number of carbonyl (C=O) groups is 1. The van der Waals surface area contributed by atoms with Crippen LogP contribution >= 0.6 is 0 Å². The molecular formula is C21H22N4O. The van der Waals surface area contributed by atoms with Crippen LogP contribution in [-0.4, -0.2) is 15.9 Å². The van der Waals surface area contributed by atoms with Crippen LogP contribution in [0.2, 0.25) is 0 Å². The van der Waals surface area contributed by atoms with Gasteiger partial charge >= 0.3 is 0 Å². The van der Waals surface area contributed by atoms with Crippen molar-refractivity contribution in [2.24, 2.45) is 0 Å². The van der Waals surface area contributed by atoms with E-state index in [-0.39, 0.29) is 5.91 Å². The van der Waals surface area contributed by atoms with Crippen molar-refractivity contribution in [3.05, 3.63) is 83.2 Å². The maximum atomic E-state index is 12.3. The third-order valence-electron chi connectivity index (χ3n) is 4.09. The highest BCUT2D eigenvalue weighted by molar-refractivity contribution is 5.93. The van der Waals surface area contributed by atoms with E-state index in [0.717, 1.165) is 17.7 Å². The molecule has 2 aromatic carbocycles. The number of anilines is 2. The number of hydrogen-bond donors (Lipinski definition) is 2. The zero-order valence-electron chi connectivity index (χ0n) is 15.0. The second kappa shape index (κ2) is 8.25. The SMILES string of the molecule is CCc1ccccc1Nc1ncc(C(=O)NCc2cccc(C)c2)cn1. The second-order valence-corrected chi connectivity index (χ2v) is 6.10. The van der Waals surface area contributed by atoms with Crippen molar-refractivity contribution < 1.29 is 4.79 Å². The number of nitrogens with one attached hydrogen (secondary N) is 2. The average molecular weight is 346 g/mol. The van der Waals surface area contributed by atoms with Gasteiger partial charge in [0.1, 0.15) is 0 Å². The van der Waals surface area contributed by atoms with Crippen LogP contribution in [0.15, 0.2) is 60.9 Å². The van der Waals surface area contributed by atoms with Gasteiger partial charge in [-0.25, -0.2) is 9.97 Å². The molecule has 5 heteroatoms. The molecule has 3 aromatic rings. The maximum Gasteiger partial charge on any atom is 0.254 e. The Morgan fingerprint density at radius 2 is 1.81 bits per heavy atom. The van der Waals surface area contributed by atoms with Crippen molar-refractivity contribution >= 4 is 17.5 Å². The van der Waals surface area contributed by atoms with Crippen LogP contribution in [0.25, 0.3) is 0 Å². The Bertz CT molecular complexity index is 891. The minimum atomic E-state index is -0.188. The van der Waals surface area contributed by atoms with Gasteiger partial charge in [0.05, 0.1) is 5.56 Å². The lowest BCUT2D eigenvalue weighted by Crippen LogP contribution is -2.23. The van der Waals surface area contributed by atoms with E-state index in [0.29, 0.717) is 18.1 Å². The largest absolute Gasteiger partial charge is 0.348 e. The summed E-state index contributed by atoms with van der Waals surface area (Å²) < 4.78 is 0. The normalized spacial score (nSPS) is 10.4. The fourth-order valence-corrected chi connectivity index (χ4v) is 2.69. The standard InChI is InChI=1S/C21H22N4O/c1-3-17-9-4-5-10-19(17)25-21-23-13-18(14-24-21)20(26)22-12-16-8-6-7-15(2)11-16/h4-11,13-14H,3,12H2,1-2H3,(H,22,26)(H,23,24,25). The van der Waals surface area contributed by atoms with Crippen LogP contribution in [0.4, 0.5) is 11.6 Å². The Hall–Kier alpha value is -3.21. The number of carbonyl (C=O) groups excluding carboxylic acids is 1. The molecule has 0 aliphatic heterocycles. The van der Waals surface area contributed by atoms with Crippen LogP contribution in [-0.2, 0) is 13.0 Å². The molecule has 0 saturated heterocycles. The lowest BCUT2D eigenvalue weighted by atomic mass is 10.1. The van der Waals surface area contributed by atoms with E-state index in [1.165, 1.54) is 23.5 Å². The van der Waals surface area contributed by atoms with Crippen molar-refractivity contribution in [3.63, 3.8) is 0 Å². The smallest absolute Gasteiger partial charge is 0.254 e. The molecule has 0 spiro atoms. The first kappa shape index (κ1) is 17.6. The third kappa shape index (κ3) is 4.45. The van der Waals surface area contributed by atoms with Gasteiger partial charge in [-0.1, -0.05) is 55.0 Å². The van der Waals surface area contributed by atoms with Crippen molar-refractivity contribution in [1.29, 1.82) is 0 Å². The van der Waals surface area contributed by atoms with Crippen molar-refractivity contribution in [3.8, 4) is 0 Å². The lowest BCUT2D eigenvalue weighted by Gasteiger charge is -2.10. The topological polar surface area (TPSA) is 66.9 Å². The first-order chi connectivity index (χ1) is 12.7. The number of aromatic nitrogens is 2. The van der Waals surface area contributed by atoms with Crippen LogP contribution in [0.3, 0.4) is 0 Å². The van der Waals surface area contributed by atoms with Crippen LogP contribution < -0.4 is 10.6 Å². The highest BCUT2D eigenvalue weighted by Gasteiger charge is 2.08. The Kier molecular flexibility index (Phi) is 5.59. The average Bonchev–Trinajstić information content (AvgIpc) is 2.67. The van der Waals surface area contributed by atoms with Crippen molar-refractivity contribution in [2.75, 3.05) is 5.32 Å². The Morgan fingerprint density at radius 1 is 1.04 bits per heavy atom. The molecule has 0 fully saturated rings. The third-order valence-corrected chi connectivity index (χ3v) is 4.09. The first-order valence-electron chi connectivity index (χ1n) is 8.66. The van der Waals surface area contributed by atoms with Gasteiger partial charge in [-0.3, -0.25) is 4.79 Å². The monoisotopic (exact) mass is 346 g/mol. The maximum absolute atomic E-state index is 12.3. The molecule has 0 aliphatic rings. The number of aryl methyl sites for hydroxylation is 2. The summed E-state index contributed by atoms with van der Waals surface area (Å²) in [6, 6.07) is 16.1. The number of rotatable bonds is 6. The fourth-order valence-electron chi connectivity index (χ4n) is 2.69. The van der Waals surface area contributed by atoms with E-state index in [4.69, 9.17) is 0 Å². The zero-order chi connectivity index (χ0) is 18.4. The Labute approximate surface area is 153 Å². The van der Waals surface area contributed by atoms with Gasteiger partial charge in [-0.15, -0.1) is 0 Å². The highest BCUT2D eigenvalue weighted by Crippen LogP contribution is 2.18. The lowest BCUT2D eigenvalue weighted by molar-refractivity contribution is 0.0950. The summed E-state index contributed by atoms with van der Waals surface area (Å²) in [6.07, 6.45) is 3.99. The van der Waals surface area contributed by atoms with E-state index < -0.39 is 0 Å². The molecule has 3 rings (SSSR count). The highest BCUT2D eigenvalue weighted by atomic mass is 16.1. The van der Waals surface area contributed by atoms with E-state index in [9.17, 15) is 4.79 Å². The summed E-state index contributed by atoms with van der Waals surface area (Å²) >= 11 is 0.